The average molecular weight is 520 g/mol. The van der Waals surface area contributed by atoms with Crippen molar-refractivity contribution in [3.63, 3.8) is 0 Å². The third kappa shape index (κ3) is 4.75. The van der Waals surface area contributed by atoms with Crippen LogP contribution in [0.1, 0.15) is 28.9 Å². The van der Waals surface area contributed by atoms with E-state index in [9.17, 15) is 14.7 Å². The molecule has 3 aromatic heterocycles. The highest BCUT2D eigenvalue weighted by atomic mass is 19.1. The fraction of sp³-hybridized carbons (Fsp3) is 0.320. The van der Waals surface area contributed by atoms with Crippen LogP contribution in [0.5, 0.6) is 5.88 Å². The van der Waals surface area contributed by atoms with Gasteiger partial charge in [0.25, 0.3) is 5.91 Å². The standard InChI is InChI=1S/C25H26FN9O3/c1-33-6-8-34(9-7-33)24(37)14-2-5-18(17(26)10-14)29-20-12-21(28-16-3-4-16)35-22(31-20)15(13-27-35)11-19-23(36)32-25(38)30-19/h2,5,10-13,16,29,36H,3-4,6-9H2,1H3,(H2,30,32,38)/b15-11+,28-21?. The van der Waals surface area contributed by atoms with Crippen LogP contribution in [0.2, 0.25) is 0 Å². The molecular formula is C25H26FN9O3. The highest BCUT2D eigenvalue weighted by Crippen LogP contribution is 2.23. The first-order chi connectivity index (χ1) is 18.3. The maximum absolute atomic E-state index is 15.1. The molecule has 4 heterocycles. The Morgan fingerprint density at radius 3 is 2.68 bits per heavy atom. The minimum atomic E-state index is -0.581. The maximum Gasteiger partial charge on any atom is 0.326 e. The summed E-state index contributed by atoms with van der Waals surface area (Å²) in [7, 11) is 2.01. The summed E-state index contributed by atoms with van der Waals surface area (Å²) in [5.41, 5.74) is 1.02. The lowest BCUT2D eigenvalue weighted by Crippen LogP contribution is -2.47. The van der Waals surface area contributed by atoms with Gasteiger partial charge in [-0.2, -0.15) is 9.61 Å². The van der Waals surface area contributed by atoms with Crippen molar-refractivity contribution in [3.05, 3.63) is 68.7 Å². The van der Waals surface area contributed by atoms with Crippen molar-refractivity contribution in [1.82, 2.24) is 34.4 Å². The Labute approximate surface area is 215 Å². The number of anilines is 2. The number of rotatable bonds is 5. The predicted molar refractivity (Wildman–Crippen MR) is 137 cm³/mol. The molecule has 0 atom stereocenters. The van der Waals surface area contributed by atoms with Crippen molar-refractivity contribution >= 4 is 29.1 Å². The largest absolute Gasteiger partial charge is 0.493 e. The van der Waals surface area contributed by atoms with Crippen LogP contribution in [0.3, 0.4) is 0 Å². The molecule has 1 aliphatic carbocycles. The molecule has 4 N–H and O–H groups in total. The Hall–Kier alpha value is -4.52. The molecule has 1 saturated carbocycles. The minimum Gasteiger partial charge on any atom is -0.493 e. The maximum atomic E-state index is 15.1. The third-order valence-corrected chi connectivity index (χ3v) is 6.65. The van der Waals surface area contributed by atoms with Gasteiger partial charge in [-0.05, 0) is 44.2 Å². The van der Waals surface area contributed by atoms with Crippen LogP contribution in [0.25, 0.3) is 11.7 Å². The Kier molecular flexibility index (Phi) is 5.91. The second kappa shape index (κ2) is 9.41. The summed E-state index contributed by atoms with van der Waals surface area (Å²) in [5, 5.41) is 17.8. The fourth-order valence-electron chi connectivity index (χ4n) is 4.34. The predicted octanol–water partition coefficient (Wildman–Crippen LogP) is 0.332. The van der Waals surface area contributed by atoms with E-state index >= 15 is 4.39 Å². The molecule has 1 amide bonds. The minimum absolute atomic E-state index is 0.159. The van der Waals surface area contributed by atoms with Crippen molar-refractivity contribution in [2.75, 3.05) is 38.5 Å². The molecule has 2 aliphatic rings. The lowest BCUT2D eigenvalue weighted by atomic mass is 10.1. The number of piperazine rings is 1. The summed E-state index contributed by atoms with van der Waals surface area (Å²) in [6.07, 6.45) is 5.03. The number of aromatic hydroxyl groups is 1. The first-order valence-electron chi connectivity index (χ1n) is 12.3. The number of fused-ring (bicyclic) bond motifs is 1. The number of hydrogen-bond acceptors (Lipinski definition) is 8. The van der Waals surface area contributed by atoms with Crippen LogP contribution in [-0.4, -0.2) is 84.6 Å². The Morgan fingerprint density at radius 1 is 1.21 bits per heavy atom. The summed E-state index contributed by atoms with van der Waals surface area (Å²) >= 11 is 0. The zero-order valence-corrected chi connectivity index (χ0v) is 20.6. The summed E-state index contributed by atoms with van der Waals surface area (Å²) in [6, 6.07) is 6.23. The number of likely N-dealkylation sites (N-methyl/N-ethyl adjacent to an activating group) is 1. The molecule has 4 aromatic rings. The molecular weight excluding hydrogens is 493 g/mol. The molecule has 12 nitrogen and oxygen atoms in total. The van der Waals surface area contributed by atoms with Crippen LogP contribution in [0, 0.1) is 5.82 Å². The molecule has 0 spiro atoms. The van der Waals surface area contributed by atoms with E-state index in [2.05, 4.69) is 30.3 Å². The van der Waals surface area contributed by atoms with Gasteiger partial charge in [-0.25, -0.2) is 14.2 Å². The monoisotopic (exact) mass is 519 g/mol. The van der Waals surface area contributed by atoms with Crippen LogP contribution in [0.4, 0.5) is 15.9 Å². The molecule has 0 bridgehead atoms. The number of aromatic nitrogens is 5. The number of benzene rings is 1. The Balaban J connectivity index is 1.34. The smallest absolute Gasteiger partial charge is 0.326 e. The molecule has 0 unspecified atom stereocenters. The highest BCUT2D eigenvalue weighted by Gasteiger charge is 2.22. The van der Waals surface area contributed by atoms with E-state index in [0.29, 0.717) is 40.8 Å². The summed E-state index contributed by atoms with van der Waals surface area (Å²) in [5.74, 6) is -0.753. The lowest BCUT2D eigenvalue weighted by Gasteiger charge is -2.32. The molecule has 2 fully saturated rings. The van der Waals surface area contributed by atoms with Gasteiger partial charge in [0.1, 0.15) is 17.3 Å². The molecule has 1 aromatic carbocycles. The van der Waals surface area contributed by atoms with Crippen LogP contribution < -0.4 is 21.7 Å². The number of carbonyl (C=O) groups excluding carboxylic acids is 1. The summed E-state index contributed by atoms with van der Waals surface area (Å²) in [6.45, 7) is 2.77. The van der Waals surface area contributed by atoms with Gasteiger partial charge in [-0.1, -0.05) is 0 Å². The summed E-state index contributed by atoms with van der Waals surface area (Å²) < 4.78 is 16.7. The number of halogens is 1. The van der Waals surface area contributed by atoms with E-state index in [1.165, 1.54) is 18.2 Å². The van der Waals surface area contributed by atoms with Gasteiger partial charge in [-0.3, -0.25) is 14.8 Å². The van der Waals surface area contributed by atoms with Crippen LogP contribution in [-0.2, 0) is 0 Å². The van der Waals surface area contributed by atoms with E-state index < -0.39 is 11.5 Å². The quantitative estimate of drug-likeness (QED) is 0.297. The van der Waals surface area contributed by atoms with Gasteiger partial charge in [0.05, 0.1) is 17.9 Å². The van der Waals surface area contributed by atoms with Crippen molar-refractivity contribution in [3.8, 4) is 5.88 Å². The van der Waals surface area contributed by atoms with Gasteiger partial charge < -0.3 is 25.2 Å². The topological polar surface area (TPSA) is 147 Å². The molecule has 1 aliphatic heterocycles. The molecule has 38 heavy (non-hydrogen) atoms. The molecule has 1 saturated heterocycles. The van der Waals surface area contributed by atoms with Gasteiger partial charge in [-0.15, -0.1) is 0 Å². The molecule has 13 heteroatoms. The Morgan fingerprint density at radius 2 is 2.00 bits per heavy atom. The van der Waals surface area contributed by atoms with Crippen molar-refractivity contribution in [2.24, 2.45) is 4.99 Å². The highest BCUT2D eigenvalue weighted by molar-refractivity contribution is 5.94. The number of nitrogens with zero attached hydrogens (tertiary/aromatic N) is 6. The number of nitrogens with one attached hydrogen (secondary N) is 3. The zero-order chi connectivity index (χ0) is 26.4. The van der Waals surface area contributed by atoms with E-state index in [-0.39, 0.29) is 29.2 Å². The van der Waals surface area contributed by atoms with Gasteiger partial charge in [0.15, 0.2) is 11.1 Å². The number of amides is 1. The van der Waals surface area contributed by atoms with Crippen LogP contribution in [0.15, 0.2) is 40.2 Å². The van der Waals surface area contributed by atoms with Gasteiger partial charge >= 0.3 is 5.69 Å². The lowest BCUT2D eigenvalue weighted by molar-refractivity contribution is 0.0663. The number of H-pyrrole nitrogens is 2. The van der Waals surface area contributed by atoms with E-state index in [1.54, 1.807) is 27.7 Å². The molecule has 6 rings (SSSR count). The van der Waals surface area contributed by atoms with Crippen molar-refractivity contribution < 1.29 is 14.3 Å². The van der Waals surface area contributed by atoms with Crippen LogP contribution >= 0.6 is 0 Å². The summed E-state index contributed by atoms with van der Waals surface area (Å²) in [4.78, 5) is 42.3. The van der Waals surface area contributed by atoms with Gasteiger partial charge in [0, 0.05) is 43.0 Å². The number of imidazole rings is 1. The second-order valence-electron chi connectivity index (χ2n) is 9.60. The zero-order valence-electron chi connectivity index (χ0n) is 20.6. The van der Waals surface area contributed by atoms with Gasteiger partial charge in [0.2, 0.25) is 5.88 Å². The fourth-order valence-corrected chi connectivity index (χ4v) is 4.34. The normalized spacial score (nSPS) is 17.5. The molecule has 0 radical (unpaired) electrons. The SMILES string of the molecule is CN1CCN(C(=O)c2ccc(Nc3cc(=NC4CC4)n4nc/c(=C\c5[nH]c(=O)[nH]c5O)c4n3)c(F)c2)CC1. The second-order valence-corrected chi connectivity index (χ2v) is 9.60. The first-order valence-corrected chi connectivity index (χ1v) is 12.3. The molecule has 196 valence electrons. The number of aromatic amines is 2. The third-order valence-electron chi connectivity index (χ3n) is 6.65. The van der Waals surface area contributed by atoms with E-state index in [1.807, 2.05) is 7.05 Å². The van der Waals surface area contributed by atoms with Crippen molar-refractivity contribution in [1.29, 1.82) is 0 Å². The number of carbonyl (C=O) groups is 1. The average Bonchev–Trinajstić information content (AvgIpc) is 3.53. The van der Waals surface area contributed by atoms with E-state index in [4.69, 9.17) is 4.99 Å². The Bertz CT molecular complexity index is 1710. The van der Waals surface area contributed by atoms with E-state index in [0.717, 1.165) is 25.9 Å². The first kappa shape index (κ1) is 23.9. The van der Waals surface area contributed by atoms with Crippen molar-refractivity contribution in [2.45, 2.75) is 18.9 Å². The number of hydrogen-bond donors (Lipinski definition) is 4.